The summed E-state index contributed by atoms with van der Waals surface area (Å²) in [7, 11) is 0. The Hall–Kier alpha value is -2.09. The molecule has 3 rings (SSSR count). The first-order valence-corrected chi connectivity index (χ1v) is 5.84. The van der Waals surface area contributed by atoms with Crippen LogP contribution in [0.15, 0.2) is 67.0 Å². The van der Waals surface area contributed by atoms with E-state index in [9.17, 15) is 0 Å². The number of hydrogen-bond acceptors (Lipinski definition) is 2. The van der Waals surface area contributed by atoms with E-state index in [1.54, 1.807) is 0 Å². The first-order valence-electron chi connectivity index (χ1n) is 5.84. The van der Waals surface area contributed by atoms with E-state index in [2.05, 4.69) is 52.5 Å². The number of nitrogens with zero attached hydrogens (tertiary/aromatic N) is 2. The van der Waals surface area contributed by atoms with Crippen molar-refractivity contribution < 1.29 is 0 Å². The minimum absolute atomic E-state index is 0.471. The quantitative estimate of drug-likeness (QED) is 0.775. The Morgan fingerprint density at radius 2 is 1.82 bits per heavy atom. The summed E-state index contributed by atoms with van der Waals surface area (Å²) < 4.78 is 0. The van der Waals surface area contributed by atoms with Crippen LogP contribution in [-0.4, -0.2) is 11.5 Å². The molecule has 0 saturated carbocycles. The van der Waals surface area contributed by atoms with Crippen LogP contribution >= 0.6 is 0 Å². The van der Waals surface area contributed by atoms with Gasteiger partial charge in [-0.3, -0.25) is 0 Å². The van der Waals surface area contributed by atoms with Gasteiger partial charge < -0.3 is 4.90 Å². The van der Waals surface area contributed by atoms with Crippen molar-refractivity contribution in [1.29, 1.82) is 0 Å². The van der Waals surface area contributed by atoms with Crippen molar-refractivity contribution in [2.45, 2.75) is 5.92 Å². The molecule has 0 radical (unpaired) electrons. The van der Waals surface area contributed by atoms with Gasteiger partial charge in [-0.2, -0.15) is 0 Å². The van der Waals surface area contributed by atoms with Crippen molar-refractivity contribution in [1.82, 2.24) is 4.98 Å². The minimum Gasteiger partial charge on any atom is -0.332 e. The van der Waals surface area contributed by atoms with E-state index >= 15 is 0 Å². The minimum atomic E-state index is 0.471. The number of rotatable bonds is 2. The van der Waals surface area contributed by atoms with E-state index in [-0.39, 0.29) is 0 Å². The maximum Gasteiger partial charge on any atom is 0.132 e. The van der Waals surface area contributed by atoms with E-state index in [4.69, 9.17) is 0 Å². The van der Waals surface area contributed by atoms with Gasteiger partial charge in [0.1, 0.15) is 5.82 Å². The monoisotopic (exact) mass is 222 g/mol. The predicted octanol–water partition coefficient (Wildman–Crippen LogP) is 3.20. The molecule has 0 bridgehead atoms. The van der Waals surface area contributed by atoms with Crippen LogP contribution in [0, 0.1) is 0 Å². The highest BCUT2D eigenvalue weighted by atomic mass is 15.2. The molecule has 2 heteroatoms. The summed E-state index contributed by atoms with van der Waals surface area (Å²) in [5.41, 5.74) is 1.36. The average molecular weight is 222 g/mol. The Bertz CT molecular complexity index is 457. The van der Waals surface area contributed by atoms with E-state index in [0.29, 0.717) is 5.92 Å². The molecule has 2 heterocycles. The van der Waals surface area contributed by atoms with E-state index in [0.717, 1.165) is 12.4 Å². The molecule has 1 aliphatic heterocycles. The molecule has 0 spiro atoms. The third-order valence-corrected chi connectivity index (χ3v) is 3.06. The van der Waals surface area contributed by atoms with Crippen molar-refractivity contribution in [3.63, 3.8) is 0 Å². The van der Waals surface area contributed by atoms with Gasteiger partial charge in [0.05, 0.1) is 0 Å². The topological polar surface area (TPSA) is 16.1 Å². The van der Waals surface area contributed by atoms with Gasteiger partial charge in [0, 0.05) is 24.9 Å². The van der Waals surface area contributed by atoms with Gasteiger partial charge in [0.25, 0.3) is 0 Å². The summed E-state index contributed by atoms with van der Waals surface area (Å²) in [4.78, 5) is 6.56. The number of aromatic nitrogens is 1. The van der Waals surface area contributed by atoms with Crippen LogP contribution in [0.5, 0.6) is 0 Å². The maximum atomic E-state index is 4.36. The third kappa shape index (κ3) is 2.07. The molecule has 2 nitrogen and oxygen atoms in total. The van der Waals surface area contributed by atoms with Gasteiger partial charge in [-0.15, -0.1) is 0 Å². The molecule has 0 unspecified atom stereocenters. The second kappa shape index (κ2) is 4.42. The highest BCUT2D eigenvalue weighted by molar-refractivity contribution is 5.46. The van der Waals surface area contributed by atoms with E-state index in [1.165, 1.54) is 5.56 Å². The zero-order valence-corrected chi connectivity index (χ0v) is 9.53. The van der Waals surface area contributed by atoms with Crippen molar-refractivity contribution in [3.8, 4) is 0 Å². The summed E-state index contributed by atoms with van der Waals surface area (Å²) in [6.45, 7) is 0.973. The predicted molar refractivity (Wildman–Crippen MR) is 69.9 cm³/mol. The second-order valence-electron chi connectivity index (χ2n) is 4.20. The third-order valence-electron chi connectivity index (χ3n) is 3.06. The van der Waals surface area contributed by atoms with Gasteiger partial charge in [0.2, 0.25) is 0 Å². The lowest BCUT2D eigenvalue weighted by Gasteiger charge is -2.17. The van der Waals surface area contributed by atoms with Crippen LogP contribution < -0.4 is 4.90 Å². The fourth-order valence-corrected chi connectivity index (χ4v) is 2.15. The molecule has 2 aromatic rings. The van der Waals surface area contributed by atoms with E-state index in [1.807, 2.05) is 24.4 Å². The van der Waals surface area contributed by atoms with Crippen LogP contribution in [0.2, 0.25) is 0 Å². The molecule has 0 N–H and O–H groups in total. The highest BCUT2D eigenvalue weighted by Crippen LogP contribution is 2.26. The standard InChI is InChI=1S/C15H14N2/c1-2-6-13(7-3-1)14-9-11-17(12-14)15-8-4-5-10-16-15/h1-11,14H,12H2/t14-/m0/s1. The van der Waals surface area contributed by atoms with Gasteiger partial charge in [0.15, 0.2) is 0 Å². The first kappa shape index (κ1) is 10.1. The number of pyridine rings is 1. The highest BCUT2D eigenvalue weighted by Gasteiger charge is 2.18. The molecule has 0 fully saturated rings. The molecule has 0 aliphatic carbocycles. The zero-order valence-electron chi connectivity index (χ0n) is 9.53. The van der Waals surface area contributed by atoms with Crippen molar-refractivity contribution in [3.05, 3.63) is 72.6 Å². The zero-order chi connectivity index (χ0) is 11.5. The Kier molecular flexibility index (Phi) is 2.62. The molecule has 1 atom stereocenters. The fourth-order valence-electron chi connectivity index (χ4n) is 2.15. The molecule has 1 aliphatic rings. The molecule has 1 aromatic carbocycles. The van der Waals surface area contributed by atoms with Crippen LogP contribution in [0.3, 0.4) is 0 Å². The van der Waals surface area contributed by atoms with Gasteiger partial charge in [-0.1, -0.05) is 42.5 Å². The van der Waals surface area contributed by atoms with Crippen molar-refractivity contribution >= 4 is 5.82 Å². The molecule has 0 amide bonds. The molecule has 0 saturated heterocycles. The van der Waals surface area contributed by atoms with Gasteiger partial charge >= 0.3 is 0 Å². The van der Waals surface area contributed by atoms with Gasteiger partial charge in [-0.05, 0) is 17.7 Å². The summed E-state index contributed by atoms with van der Waals surface area (Å²) in [6.07, 6.45) is 6.20. The molecule has 1 aromatic heterocycles. The largest absolute Gasteiger partial charge is 0.332 e. The maximum absolute atomic E-state index is 4.36. The summed E-state index contributed by atoms with van der Waals surface area (Å²) >= 11 is 0. The summed E-state index contributed by atoms with van der Waals surface area (Å²) in [6, 6.07) is 16.6. The van der Waals surface area contributed by atoms with Gasteiger partial charge in [-0.25, -0.2) is 4.98 Å². The lowest BCUT2D eigenvalue weighted by Crippen LogP contribution is -2.17. The Morgan fingerprint density at radius 3 is 2.59 bits per heavy atom. The van der Waals surface area contributed by atoms with Crippen LogP contribution in [-0.2, 0) is 0 Å². The Labute approximate surface area is 101 Å². The lowest BCUT2D eigenvalue weighted by molar-refractivity contribution is 0.858. The number of anilines is 1. The summed E-state index contributed by atoms with van der Waals surface area (Å²) in [5, 5.41) is 0. The normalized spacial score (nSPS) is 18.6. The number of benzene rings is 1. The first-order chi connectivity index (χ1) is 8.43. The number of hydrogen-bond donors (Lipinski definition) is 0. The fraction of sp³-hybridized carbons (Fsp3) is 0.133. The molecular formula is C15H14N2. The van der Waals surface area contributed by atoms with Crippen molar-refractivity contribution in [2.24, 2.45) is 0 Å². The van der Waals surface area contributed by atoms with E-state index < -0.39 is 0 Å². The second-order valence-corrected chi connectivity index (χ2v) is 4.20. The molecule has 84 valence electrons. The lowest BCUT2D eigenvalue weighted by atomic mass is 10.0. The SMILES string of the molecule is C1=CN(c2ccccn2)C[C@H]1c1ccccc1. The molecule has 17 heavy (non-hydrogen) atoms. The molecular weight excluding hydrogens is 208 g/mol. The Morgan fingerprint density at radius 1 is 1.00 bits per heavy atom. The Balaban J connectivity index is 1.78. The van der Waals surface area contributed by atoms with Crippen LogP contribution in [0.4, 0.5) is 5.82 Å². The van der Waals surface area contributed by atoms with Crippen LogP contribution in [0.25, 0.3) is 0 Å². The summed E-state index contributed by atoms with van der Waals surface area (Å²) in [5.74, 6) is 1.49. The van der Waals surface area contributed by atoms with Crippen molar-refractivity contribution in [2.75, 3.05) is 11.4 Å². The van der Waals surface area contributed by atoms with Crippen LogP contribution in [0.1, 0.15) is 11.5 Å². The smallest absolute Gasteiger partial charge is 0.132 e. The average Bonchev–Trinajstić information content (AvgIpc) is 2.90.